The highest BCUT2D eigenvalue weighted by molar-refractivity contribution is 9.09. The molecule has 5 nitrogen and oxygen atoms in total. The molecule has 7 heteroatoms. The highest BCUT2D eigenvalue weighted by atomic mass is 79.9. The quantitative estimate of drug-likeness (QED) is 0.633. The number of methoxy groups -OCH3 is 1. The van der Waals surface area contributed by atoms with Gasteiger partial charge in [-0.15, -0.1) is 0 Å². The molecular weight excluding hydrogens is 299 g/mol. The molecule has 1 aromatic rings. The lowest BCUT2D eigenvalue weighted by Gasteiger charge is -2.18. The SMILES string of the molecule is COc1nc(Cl)ncc1C(O)C(O)CCBr. The van der Waals surface area contributed by atoms with Crippen LogP contribution in [0.4, 0.5) is 0 Å². The van der Waals surface area contributed by atoms with Gasteiger partial charge in [0.2, 0.25) is 11.2 Å². The Bertz CT molecular complexity index is 354. The Morgan fingerprint density at radius 3 is 2.81 bits per heavy atom. The minimum absolute atomic E-state index is 0.0304. The van der Waals surface area contributed by atoms with Gasteiger partial charge in [0.05, 0.1) is 18.8 Å². The molecule has 0 aliphatic carbocycles. The minimum Gasteiger partial charge on any atom is -0.481 e. The monoisotopic (exact) mass is 310 g/mol. The highest BCUT2D eigenvalue weighted by Gasteiger charge is 2.22. The predicted octanol–water partition coefficient (Wildman–Crippen LogP) is 1.32. The molecule has 0 radical (unpaired) electrons. The molecule has 2 atom stereocenters. The first-order valence-electron chi connectivity index (χ1n) is 4.58. The van der Waals surface area contributed by atoms with Crippen molar-refractivity contribution in [2.24, 2.45) is 0 Å². The van der Waals surface area contributed by atoms with Gasteiger partial charge in [-0.3, -0.25) is 0 Å². The van der Waals surface area contributed by atoms with Crippen LogP contribution in [0.5, 0.6) is 5.88 Å². The fraction of sp³-hybridized carbons (Fsp3) is 0.556. The Labute approximate surface area is 107 Å². The second kappa shape index (κ2) is 6.34. The lowest BCUT2D eigenvalue weighted by atomic mass is 10.1. The van der Waals surface area contributed by atoms with Crippen LogP contribution in [0.3, 0.4) is 0 Å². The molecule has 1 aromatic heterocycles. The molecule has 2 unspecified atom stereocenters. The van der Waals surface area contributed by atoms with Gasteiger partial charge in [-0.2, -0.15) is 4.98 Å². The Hall–Kier alpha value is -0.430. The number of ether oxygens (including phenoxy) is 1. The fourth-order valence-electron chi connectivity index (χ4n) is 1.20. The smallest absolute Gasteiger partial charge is 0.225 e. The lowest BCUT2D eigenvalue weighted by molar-refractivity contribution is 0.0154. The predicted molar refractivity (Wildman–Crippen MR) is 63.0 cm³/mol. The third kappa shape index (κ3) is 3.28. The molecule has 90 valence electrons. The van der Waals surface area contributed by atoms with Crippen LogP contribution in [-0.4, -0.2) is 38.7 Å². The third-order valence-electron chi connectivity index (χ3n) is 2.03. The molecule has 2 N–H and O–H groups in total. The zero-order chi connectivity index (χ0) is 12.1. The molecule has 1 rings (SSSR count). The number of hydrogen-bond acceptors (Lipinski definition) is 5. The largest absolute Gasteiger partial charge is 0.481 e. The molecule has 0 aromatic carbocycles. The topological polar surface area (TPSA) is 75.5 Å². The maximum absolute atomic E-state index is 9.85. The number of nitrogens with zero attached hydrogens (tertiary/aromatic N) is 2. The van der Waals surface area contributed by atoms with Crippen molar-refractivity contribution in [2.75, 3.05) is 12.4 Å². The summed E-state index contributed by atoms with van der Waals surface area (Å²) in [7, 11) is 1.41. The summed E-state index contributed by atoms with van der Waals surface area (Å²) in [5.74, 6) is 0.168. The molecule has 0 saturated carbocycles. The number of halogens is 2. The highest BCUT2D eigenvalue weighted by Crippen LogP contribution is 2.27. The third-order valence-corrected chi connectivity index (χ3v) is 2.67. The van der Waals surface area contributed by atoms with Gasteiger partial charge >= 0.3 is 0 Å². The van der Waals surface area contributed by atoms with Crippen molar-refractivity contribution in [1.29, 1.82) is 0 Å². The molecular formula is C9H12BrClN2O3. The summed E-state index contributed by atoms with van der Waals surface area (Å²) >= 11 is 8.77. The molecule has 0 fully saturated rings. The van der Waals surface area contributed by atoms with Crippen LogP contribution in [0, 0.1) is 0 Å². The van der Waals surface area contributed by atoms with Crippen molar-refractivity contribution in [3.05, 3.63) is 17.0 Å². The van der Waals surface area contributed by atoms with Crippen LogP contribution in [0.1, 0.15) is 18.1 Å². The zero-order valence-corrected chi connectivity index (χ0v) is 10.9. The Morgan fingerprint density at radius 1 is 1.56 bits per heavy atom. The van der Waals surface area contributed by atoms with E-state index in [-0.39, 0.29) is 11.2 Å². The van der Waals surface area contributed by atoms with Gasteiger partial charge in [-0.1, -0.05) is 15.9 Å². The van der Waals surface area contributed by atoms with E-state index in [2.05, 4.69) is 25.9 Å². The standard InChI is InChI=1S/C9H12BrClN2O3/c1-16-8-5(4-12-9(11)13-8)7(15)6(14)2-3-10/h4,6-7,14-15H,2-3H2,1H3. The van der Waals surface area contributed by atoms with E-state index in [1.165, 1.54) is 13.3 Å². The minimum atomic E-state index is -1.09. The number of aromatic nitrogens is 2. The summed E-state index contributed by atoms with van der Waals surface area (Å²) in [5, 5.41) is 20.1. The molecule has 1 heterocycles. The van der Waals surface area contributed by atoms with Gasteiger partial charge in [0.15, 0.2) is 0 Å². The van der Waals surface area contributed by atoms with E-state index in [0.29, 0.717) is 17.3 Å². The van der Waals surface area contributed by atoms with Crippen molar-refractivity contribution in [2.45, 2.75) is 18.6 Å². The first kappa shape index (κ1) is 13.6. The number of aliphatic hydroxyl groups excluding tert-OH is 2. The van der Waals surface area contributed by atoms with Crippen molar-refractivity contribution in [3.63, 3.8) is 0 Å². The number of alkyl halides is 1. The van der Waals surface area contributed by atoms with Crippen molar-refractivity contribution < 1.29 is 14.9 Å². The van der Waals surface area contributed by atoms with E-state index in [9.17, 15) is 10.2 Å². The van der Waals surface area contributed by atoms with Crippen LogP contribution >= 0.6 is 27.5 Å². The summed E-state index contributed by atoms with van der Waals surface area (Å²) in [6.07, 6.45) is -0.244. The summed E-state index contributed by atoms with van der Waals surface area (Å²) in [6, 6.07) is 0. The summed E-state index contributed by atoms with van der Waals surface area (Å²) in [4.78, 5) is 7.55. The van der Waals surface area contributed by atoms with E-state index in [4.69, 9.17) is 16.3 Å². The average molecular weight is 312 g/mol. The van der Waals surface area contributed by atoms with Crippen LogP contribution in [0.15, 0.2) is 6.20 Å². The number of hydrogen-bond donors (Lipinski definition) is 2. The normalized spacial score (nSPS) is 14.6. The maximum Gasteiger partial charge on any atom is 0.225 e. The molecule has 16 heavy (non-hydrogen) atoms. The Morgan fingerprint density at radius 2 is 2.25 bits per heavy atom. The van der Waals surface area contributed by atoms with Gasteiger partial charge in [0.1, 0.15) is 6.10 Å². The second-order valence-electron chi connectivity index (χ2n) is 3.09. The van der Waals surface area contributed by atoms with Gasteiger partial charge in [0, 0.05) is 11.5 Å². The molecule has 0 aliphatic heterocycles. The first-order chi connectivity index (χ1) is 7.60. The van der Waals surface area contributed by atoms with E-state index < -0.39 is 12.2 Å². The van der Waals surface area contributed by atoms with E-state index in [1.54, 1.807) is 0 Å². The van der Waals surface area contributed by atoms with Gasteiger partial charge in [-0.25, -0.2) is 4.98 Å². The number of aliphatic hydroxyl groups is 2. The fourth-order valence-corrected chi connectivity index (χ4v) is 1.79. The Balaban J connectivity index is 2.93. The molecule has 0 amide bonds. The van der Waals surface area contributed by atoms with E-state index >= 15 is 0 Å². The first-order valence-corrected chi connectivity index (χ1v) is 6.08. The number of rotatable bonds is 5. The summed E-state index contributed by atoms with van der Waals surface area (Å²) in [5.41, 5.74) is 0.320. The van der Waals surface area contributed by atoms with Crippen LogP contribution in [0.25, 0.3) is 0 Å². The zero-order valence-electron chi connectivity index (χ0n) is 8.60. The second-order valence-corrected chi connectivity index (χ2v) is 4.22. The molecule has 0 bridgehead atoms. The lowest BCUT2D eigenvalue weighted by Crippen LogP contribution is -2.19. The summed E-state index contributed by atoms with van der Waals surface area (Å²) < 4.78 is 4.96. The molecule has 0 spiro atoms. The van der Waals surface area contributed by atoms with Crippen molar-refractivity contribution >= 4 is 27.5 Å². The molecule has 0 aliphatic rings. The summed E-state index contributed by atoms with van der Waals surface area (Å²) in [6.45, 7) is 0. The van der Waals surface area contributed by atoms with Crippen LogP contribution in [0.2, 0.25) is 5.28 Å². The maximum atomic E-state index is 9.85. The average Bonchev–Trinajstić information content (AvgIpc) is 2.28. The van der Waals surface area contributed by atoms with Crippen molar-refractivity contribution in [3.8, 4) is 5.88 Å². The van der Waals surface area contributed by atoms with Gasteiger partial charge < -0.3 is 14.9 Å². The van der Waals surface area contributed by atoms with Crippen molar-refractivity contribution in [1.82, 2.24) is 9.97 Å². The van der Waals surface area contributed by atoms with E-state index in [0.717, 1.165) is 0 Å². The van der Waals surface area contributed by atoms with Crippen LogP contribution in [-0.2, 0) is 0 Å². The van der Waals surface area contributed by atoms with E-state index in [1.807, 2.05) is 0 Å². The van der Waals surface area contributed by atoms with Gasteiger partial charge in [0.25, 0.3) is 0 Å². The van der Waals surface area contributed by atoms with Gasteiger partial charge in [-0.05, 0) is 18.0 Å². The van der Waals surface area contributed by atoms with Crippen LogP contribution < -0.4 is 4.74 Å². The Kier molecular flexibility index (Phi) is 5.40. The molecule has 0 saturated heterocycles.